The lowest BCUT2D eigenvalue weighted by Gasteiger charge is -2.25. The van der Waals surface area contributed by atoms with Crippen LogP contribution in [-0.2, 0) is 56.0 Å². The second kappa shape index (κ2) is 26.5. The maximum atomic E-state index is 12.9. The molecule has 1 heterocycles. The van der Waals surface area contributed by atoms with Crippen LogP contribution in [0.25, 0.3) is 0 Å². The molecule has 7 atom stereocenters. The minimum atomic E-state index is -1.55. The zero-order chi connectivity index (χ0) is 45.5. The van der Waals surface area contributed by atoms with E-state index in [9.17, 15) is 53.4 Å². The molecule has 0 bridgehead atoms. The molecule has 1 aromatic carbocycles. The Morgan fingerprint density at radius 1 is 0.750 bits per heavy atom. The lowest BCUT2D eigenvalue weighted by atomic mass is 10.0. The van der Waals surface area contributed by atoms with Crippen molar-refractivity contribution in [1.82, 2.24) is 41.9 Å². The summed E-state index contributed by atoms with van der Waals surface area (Å²) < 4.78 is 0. The van der Waals surface area contributed by atoms with Gasteiger partial charge in [-0.05, 0) is 43.4 Å². The summed E-state index contributed by atoms with van der Waals surface area (Å²) in [5, 5.41) is 59.0. The molecule has 1 aromatic heterocycles. The first-order valence-electron chi connectivity index (χ1n) is 18.4. The number of phenolic OH excluding ortho intramolecular Hbond substituents is 1. The number of imidazole rings is 1. The average molecular weight is 851 g/mol. The summed E-state index contributed by atoms with van der Waals surface area (Å²) >= 11 is 0. The highest BCUT2D eigenvalue weighted by atomic mass is 16.4. The Morgan fingerprint density at radius 2 is 1.32 bits per heavy atom. The predicted molar refractivity (Wildman–Crippen MR) is 208 cm³/mol. The summed E-state index contributed by atoms with van der Waals surface area (Å²) in [6.45, 7) is 2.96. The maximum absolute atomic E-state index is 12.9. The minimum Gasteiger partial charge on any atom is -0.508 e. The van der Waals surface area contributed by atoms with Gasteiger partial charge in [0.2, 0.25) is 35.4 Å². The van der Waals surface area contributed by atoms with Gasteiger partial charge in [0.05, 0.1) is 44.6 Å². The van der Waals surface area contributed by atoms with E-state index in [4.69, 9.17) is 26.8 Å². The molecule has 16 N–H and O–H groups in total. The Morgan fingerprint density at radius 3 is 1.82 bits per heavy atom. The van der Waals surface area contributed by atoms with Gasteiger partial charge < -0.3 is 78.7 Å². The first-order chi connectivity index (χ1) is 28.2. The molecule has 0 aliphatic heterocycles. The summed E-state index contributed by atoms with van der Waals surface area (Å²) in [4.78, 5) is 113. The fourth-order valence-corrected chi connectivity index (χ4v) is 4.87. The number of aliphatic carboxylic acids is 2. The van der Waals surface area contributed by atoms with E-state index in [1.165, 1.54) is 31.6 Å². The monoisotopic (exact) mass is 850 g/mol. The van der Waals surface area contributed by atoms with Crippen LogP contribution in [0.4, 0.5) is 0 Å². The van der Waals surface area contributed by atoms with Gasteiger partial charge in [0.1, 0.15) is 42.2 Å². The van der Waals surface area contributed by atoms with E-state index in [1.54, 1.807) is 26.0 Å². The van der Waals surface area contributed by atoms with Crippen molar-refractivity contribution >= 4 is 53.7 Å². The quantitative estimate of drug-likeness (QED) is 0.0439. The fourth-order valence-electron chi connectivity index (χ4n) is 4.87. The van der Waals surface area contributed by atoms with Crippen molar-refractivity contribution in [3.05, 3.63) is 48.0 Å². The standard InChI is InChI=1S/C22H32N4O8.C14H22N6O6/c1-12(2)7-17(25-20(32)16(23)8-13-3-5-15(29)6-4-13)22(34)26-18(9-19(30)31)21(33)24-14(10-27)11-28;1-7(14(25)26)19-11(22)4-17-13(24)10(5-21)20-12(23)9(15)2-8-3-16-6-18-8/h3-6,10,12,14,16-18,28-29H,7-9,11,23H2,1-2H3,(H,24,33)(H,25,32)(H,26,34)(H,30,31);3,6-7,9-10,21H,2,4-5,15H2,1H3,(H,16,18)(H,17,24)(H,19,22)(H,20,23)(H,25,26)/t14-,16+,17+,18+;7-,9-,10-/m10/s1. The number of amides is 6. The maximum Gasteiger partial charge on any atom is 0.325 e. The number of rotatable bonds is 24. The topological polar surface area (TPSA) is 408 Å². The van der Waals surface area contributed by atoms with E-state index in [-0.39, 0.29) is 37.2 Å². The molecule has 24 nitrogen and oxygen atoms in total. The lowest BCUT2D eigenvalue weighted by molar-refractivity contribution is -0.141. The number of aliphatic hydroxyl groups excluding tert-OH is 2. The Bertz CT molecular complexity index is 1740. The molecule has 0 aliphatic carbocycles. The number of nitrogens with two attached hydrogens (primary N) is 2. The number of H-pyrrole nitrogens is 1. The van der Waals surface area contributed by atoms with Gasteiger partial charge in [0.15, 0.2) is 0 Å². The number of phenols is 1. The number of aldehydes is 1. The van der Waals surface area contributed by atoms with Crippen LogP contribution in [0.2, 0.25) is 0 Å². The normalized spacial score (nSPS) is 14.2. The number of carboxylic acid groups (broad SMARTS) is 2. The number of carbonyl (C=O) groups excluding carboxylic acids is 7. The first-order valence-corrected chi connectivity index (χ1v) is 18.4. The molecule has 0 saturated heterocycles. The molecule has 0 radical (unpaired) electrons. The van der Waals surface area contributed by atoms with E-state index in [1.807, 2.05) is 0 Å². The van der Waals surface area contributed by atoms with Gasteiger partial charge in [-0.25, -0.2) is 4.98 Å². The first kappa shape index (κ1) is 51.5. The third-order valence-corrected chi connectivity index (χ3v) is 8.09. The number of aromatic amines is 1. The summed E-state index contributed by atoms with van der Waals surface area (Å²) in [7, 11) is 0. The number of aromatic hydroxyl groups is 1. The number of carbonyl (C=O) groups is 9. The van der Waals surface area contributed by atoms with Crippen molar-refractivity contribution in [1.29, 1.82) is 0 Å². The third-order valence-electron chi connectivity index (χ3n) is 8.09. The van der Waals surface area contributed by atoms with Crippen LogP contribution in [0.1, 0.15) is 44.9 Å². The van der Waals surface area contributed by atoms with Gasteiger partial charge in [-0.2, -0.15) is 0 Å². The third kappa shape index (κ3) is 19.8. The van der Waals surface area contributed by atoms with Crippen LogP contribution in [0.5, 0.6) is 5.75 Å². The lowest BCUT2D eigenvalue weighted by Crippen LogP contribution is -2.57. The molecule has 332 valence electrons. The number of aromatic nitrogens is 2. The van der Waals surface area contributed by atoms with Crippen molar-refractivity contribution in [2.75, 3.05) is 19.8 Å². The Labute approximate surface area is 343 Å². The summed E-state index contributed by atoms with van der Waals surface area (Å²) in [6.07, 6.45) is 2.90. The largest absolute Gasteiger partial charge is 0.508 e. The average Bonchev–Trinajstić information content (AvgIpc) is 3.70. The van der Waals surface area contributed by atoms with Crippen molar-refractivity contribution < 1.29 is 68.7 Å². The summed E-state index contributed by atoms with van der Waals surface area (Å²) in [5.41, 5.74) is 13.0. The molecule has 2 rings (SSSR count). The van der Waals surface area contributed by atoms with E-state index in [0.29, 0.717) is 11.3 Å². The number of nitrogens with zero attached hydrogens (tertiary/aromatic N) is 1. The SMILES string of the molecule is CC(C)C[C@H](NC(=O)[C@@H](N)Cc1ccc(O)cc1)C(=O)N[C@@H](CC(=O)O)C(=O)N[C@H](C=O)CO.C[C@H](NC(=O)CNC(=O)[C@H](CO)NC(=O)[C@@H](N)Cc1cnc[nH]1)C(=O)O. The fraction of sp³-hybridized carbons (Fsp3) is 0.500. The van der Waals surface area contributed by atoms with E-state index in [0.717, 1.165) is 0 Å². The highest BCUT2D eigenvalue weighted by Gasteiger charge is 2.31. The van der Waals surface area contributed by atoms with Crippen LogP contribution in [0.15, 0.2) is 36.8 Å². The van der Waals surface area contributed by atoms with Crippen LogP contribution in [-0.4, -0.2) is 151 Å². The number of benzene rings is 1. The highest BCUT2D eigenvalue weighted by molar-refractivity contribution is 5.95. The predicted octanol–water partition coefficient (Wildman–Crippen LogP) is -5.11. The van der Waals surface area contributed by atoms with Crippen LogP contribution in [0, 0.1) is 5.92 Å². The molecule has 0 spiro atoms. The number of hydrogen-bond acceptors (Lipinski definition) is 15. The number of carboxylic acids is 2. The zero-order valence-corrected chi connectivity index (χ0v) is 33.1. The molecule has 0 saturated carbocycles. The molecule has 60 heavy (non-hydrogen) atoms. The smallest absolute Gasteiger partial charge is 0.325 e. The number of aliphatic hydroxyl groups is 2. The molecule has 2 aromatic rings. The molecule has 6 amide bonds. The minimum absolute atomic E-state index is 0.0510. The van der Waals surface area contributed by atoms with Gasteiger partial charge in [-0.3, -0.25) is 38.4 Å². The number of hydrogen-bond donors (Lipinski definition) is 14. The molecule has 0 fully saturated rings. The Kier molecular flexibility index (Phi) is 22.7. The number of nitrogens with one attached hydrogen (secondary N) is 7. The van der Waals surface area contributed by atoms with E-state index >= 15 is 0 Å². The van der Waals surface area contributed by atoms with Gasteiger partial charge >= 0.3 is 11.9 Å². The second-order valence-electron chi connectivity index (χ2n) is 13.7. The van der Waals surface area contributed by atoms with Crippen molar-refractivity contribution in [3.63, 3.8) is 0 Å². The summed E-state index contributed by atoms with van der Waals surface area (Å²) in [6, 6.07) is -2.20. The van der Waals surface area contributed by atoms with E-state index in [2.05, 4.69) is 41.9 Å². The molecule has 24 heteroatoms. The van der Waals surface area contributed by atoms with Gasteiger partial charge in [0, 0.05) is 18.3 Å². The second-order valence-corrected chi connectivity index (χ2v) is 13.7. The Balaban J connectivity index is 0.000000622. The molecular formula is C36H54N10O14. The Hall–Kier alpha value is -6.50. The highest BCUT2D eigenvalue weighted by Crippen LogP contribution is 2.12. The van der Waals surface area contributed by atoms with Gasteiger partial charge in [-0.1, -0.05) is 26.0 Å². The molecule has 0 unspecified atom stereocenters. The van der Waals surface area contributed by atoms with Gasteiger partial charge in [-0.15, -0.1) is 0 Å². The molecular weight excluding hydrogens is 796 g/mol. The van der Waals surface area contributed by atoms with E-state index < -0.39 is 116 Å². The molecule has 0 aliphatic rings. The van der Waals surface area contributed by atoms with Crippen LogP contribution >= 0.6 is 0 Å². The summed E-state index contributed by atoms with van der Waals surface area (Å²) in [5.74, 6) is -7.21. The van der Waals surface area contributed by atoms with Crippen molar-refractivity contribution in [2.45, 2.75) is 88.7 Å². The van der Waals surface area contributed by atoms with Crippen LogP contribution < -0.4 is 43.4 Å². The van der Waals surface area contributed by atoms with Crippen molar-refractivity contribution in [2.24, 2.45) is 17.4 Å². The van der Waals surface area contributed by atoms with Crippen molar-refractivity contribution in [3.8, 4) is 5.75 Å². The van der Waals surface area contributed by atoms with Crippen LogP contribution in [0.3, 0.4) is 0 Å². The zero-order valence-electron chi connectivity index (χ0n) is 33.1. The van der Waals surface area contributed by atoms with Gasteiger partial charge in [0.25, 0.3) is 0 Å².